The van der Waals surface area contributed by atoms with Crippen LogP contribution >= 0.6 is 15.9 Å². The molecular weight excluding hydrogens is 318 g/mol. The van der Waals surface area contributed by atoms with Crippen molar-refractivity contribution >= 4 is 26.8 Å². The van der Waals surface area contributed by atoms with E-state index in [1.807, 2.05) is 30.3 Å². The van der Waals surface area contributed by atoms with Gasteiger partial charge in [-0.1, -0.05) is 24.3 Å². The number of hydrogen-bond donors (Lipinski definition) is 2. The molecule has 102 valence electrons. The number of rotatable bonds is 4. The van der Waals surface area contributed by atoms with Gasteiger partial charge in [-0.05, 0) is 34.1 Å². The molecule has 4 nitrogen and oxygen atoms in total. The van der Waals surface area contributed by atoms with E-state index in [4.69, 9.17) is 10.3 Å². The molecule has 0 saturated carbocycles. The minimum absolute atomic E-state index is 0.0446. The summed E-state index contributed by atoms with van der Waals surface area (Å²) >= 11 is 3.38. The second kappa shape index (κ2) is 5.75. The summed E-state index contributed by atoms with van der Waals surface area (Å²) in [7, 11) is 0. The normalized spacial score (nSPS) is 12.7. The molecule has 0 radical (unpaired) electrons. The highest BCUT2D eigenvalue weighted by molar-refractivity contribution is 9.10. The minimum Gasteiger partial charge on any atom is -0.457 e. The Balaban J connectivity index is 1.89. The maximum Gasteiger partial charge on any atom is 0.173 e. The van der Waals surface area contributed by atoms with E-state index in [2.05, 4.69) is 38.5 Å². The van der Waals surface area contributed by atoms with Crippen molar-refractivity contribution in [3.63, 3.8) is 0 Å². The molecule has 5 heteroatoms. The lowest BCUT2D eigenvalue weighted by Gasteiger charge is -2.14. The van der Waals surface area contributed by atoms with Crippen LogP contribution in [0.15, 0.2) is 57.8 Å². The molecule has 0 bridgehead atoms. The van der Waals surface area contributed by atoms with Gasteiger partial charge in [0.15, 0.2) is 4.67 Å². The average Bonchev–Trinajstić information content (AvgIpc) is 2.91. The number of halogens is 1. The molecule has 0 fully saturated rings. The Morgan fingerprint density at radius 2 is 2.05 bits per heavy atom. The minimum atomic E-state index is -0.0446. The monoisotopic (exact) mass is 331 g/mol. The lowest BCUT2D eigenvalue weighted by molar-refractivity contribution is 0.505. The van der Waals surface area contributed by atoms with Crippen LogP contribution in [-0.4, -0.2) is 4.98 Å². The Morgan fingerprint density at radius 1 is 1.20 bits per heavy atom. The third-order valence-corrected chi connectivity index (χ3v) is 3.94. The Bertz CT molecular complexity index is 726. The van der Waals surface area contributed by atoms with Gasteiger partial charge in [0.05, 0.1) is 17.8 Å². The number of nitrogens with two attached hydrogens (primary N) is 1. The van der Waals surface area contributed by atoms with Gasteiger partial charge < -0.3 is 4.42 Å². The first-order valence-corrected chi connectivity index (χ1v) is 7.11. The second-order valence-corrected chi connectivity index (χ2v) is 5.29. The van der Waals surface area contributed by atoms with Gasteiger partial charge in [-0.2, -0.15) is 0 Å². The fourth-order valence-electron chi connectivity index (χ4n) is 2.24. The Labute approximate surface area is 125 Å². The van der Waals surface area contributed by atoms with E-state index in [0.717, 1.165) is 22.2 Å². The average molecular weight is 332 g/mol. The van der Waals surface area contributed by atoms with Gasteiger partial charge in [0.1, 0.15) is 0 Å². The quantitative estimate of drug-likeness (QED) is 0.568. The highest BCUT2D eigenvalue weighted by atomic mass is 79.9. The number of furan rings is 1. The SMILES string of the molecule is NNC(Cc1ccc2ccccc2n1)c1ccoc1Br. The van der Waals surface area contributed by atoms with Crippen LogP contribution in [0.3, 0.4) is 0 Å². The Hall–Kier alpha value is -1.69. The fraction of sp³-hybridized carbons (Fsp3) is 0.133. The van der Waals surface area contributed by atoms with Crippen LogP contribution < -0.4 is 11.3 Å². The first-order chi connectivity index (χ1) is 9.78. The number of nitrogens with zero attached hydrogens (tertiary/aromatic N) is 1. The van der Waals surface area contributed by atoms with Crippen molar-refractivity contribution in [1.82, 2.24) is 10.4 Å². The van der Waals surface area contributed by atoms with Gasteiger partial charge in [0.2, 0.25) is 0 Å². The highest BCUT2D eigenvalue weighted by Crippen LogP contribution is 2.26. The molecule has 1 atom stereocenters. The molecule has 2 aromatic heterocycles. The first kappa shape index (κ1) is 13.3. The third kappa shape index (κ3) is 2.60. The molecule has 3 N–H and O–H groups in total. The van der Waals surface area contributed by atoms with Crippen molar-refractivity contribution in [3.8, 4) is 0 Å². The fourth-order valence-corrected chi connectivity index (χ4v) is 2.76. The number of pyridine rings is 1. The summed E-state index contributed by atoms with van der Waals surface area (Å²) in [5.74, 6) is 5.65. The maximum absolute atomic E-state index is 5.65. The maximum atomic E-state index is 5.65. The predicted molar refractivity (Wildman–Crippen MR) is 81.9 cm³/mol. The third-order valence-electron chi connectivity index (χ3n) is 3.29. The number of benzene rings is 1. The molecule has 0 spiro atoms. The van der Waals surface area contributed by atoms with Crippen LogP contribution in [0.4, 0.5) is 0 Å². The van der Waals surface area contributed by atoms with Crippen LogP contribution in [0.2, 0.25) is 0 Å². The van der Waals surface area contributed by atoms with E-state index in [-0.39, 0.29) is 6.04 Å². The molecule has 3 aromatic rings. The molecule has 0 saturated heterocycles. The van der Waals surface area contributed by atoms with Crippen molar-refractivity contribution in [1.29, 1.82) is 0 Å². The zero-order chi connectivity index (χ0) is 13.9. The summed E-state index contributed by atoms with van der Waals surface area (Å²) in [6.45, 7) is 0. The number of nitrogens with one attached hydrogen (secondary N) is 1. The van der Waals surface area contributed by atoms with Crippen LogP contribution in [0, 0.1) is 0 Å². The predicted octanol–water partition coefficient (Wildman–Crippen LogP) is 3.34. The molecule has 2 heterocycles. The number of hydrazine groups is 1. The van der Waals surface area contributed by atoms with Crippen molar-refractivity contribution in [3.05, 3.63) is 64.7 Å². The van der Waals surface area contributed by atoms with E-state index in [1.54, 1.807) is 6.26 Å². The molecule has 20 heavy (non-hydrogen) atoms. The summed E-state index contributed by atoms with van der Waals surface area (Å²) in [5, 5.41) is 1.14. The van der Waals surface area contributed by atoms with Crippen LogP contribution in [0.25, 0.3) is 10.9 Å². The van der Waals surface area contributed by atoms with Crippen molar-refractivity contribution in [2.75, 3.05) is 0 Å². The smallest absolute Gasteiger partial charge is 0.173 e. The second-order valence-electron chi connectivity index (χ2n) is 4.57. The summed E-state index contributed by atoms with van der Waals surface area (Å²) in [6, 6.07) is 14.0. The summed E-state index contributed by atoms with van der Waals surface area (Å²) < 4.78 is 5.95. The molecule has 3 rings (SSSR count). The van der Waals surface area contributed by atoms with Crippen LogP contribution in [0.5, 0.6) is 0 Å². The molecule has 1 aromatic carbocycles. The summed E-state index contributed by atoms with van der Waals surface area (Å²) in [4.78, 5) is 4.66. The van der Waals surface area contributed by atoms with Gasteiger partial charge in [-0.15, -0.1) is 0 Å². The van der Waals surface area contributed by atoms with Gasteiger partial charge in [0, 0.05) is 23.1 Å². The molecule has 0 aliphatic rings. The van der Waals surface area contributed by atoms with Gasteiger partial charge in [0.25, 0.3) is 0 Å². The van der Waals surface area contributed by atoms with E-state index >= 15 is 0 Å². The van der Waals surface area contributed by atoms with E-state index in [1.165, 1.54) is 0 Å². The number of aromatic nitrogens is 1. The molecule has 0 aliphatic carbocycles. The number of para-hydroxylation sites is 1. The molecular formula is C15H14BrN3O. The zero-order valence-electron chi connectivity index (χ0n) is 10.7. The summed E-state index contributed by atoms with van der Waals surface area (Å²) in [6.07, 6.45) is 2.33. The number of fused-ring (bicyclic) bond motifs is 1. The molecule has 0 aliphatic heterocycles. The molecule has 0 amide bonds. The van der Waals surface area contributed by atoms with Gasteiger partial charge >= 0.3 is 0 Å². The Morgan fingerprint density at radius 3 is 2.80 bits per heavy atom. The molecule has 1 unspecified atom stereocenters. The van der Waals surface area contributed by atoms with Crippen molar-refractivity contribution < 1.29 is 4.42 Å². The van der Waals surface area contributed by atoms with Gasteiger partial charge in [-0.25, -0.2) is 0 Å². The van der Waals surface area contributed by atoms with E-state index in [0.29, 0.717) is 11.1 Å². The van der Waals surface area contributed by atoms with E-state index in [9.17, 15) is 0 Å². The van der Waals surface area contributed by atoms with Crippen LogP contribution in [-0.2, 0) is 6.42 Å². The largest absolute Gasteiger partial charge is 0.457 e. The van der Waals surface area contributed by atoms with Gasteiger partial charge in [-0.3, -0.25) is 16.3 Å². The number of hydrogen-bond acceptors (Lipinski definition) is 4. The first-order valence-electron chi connectivity index (χ1n) is 6.31. The van der Waals surface area contributed by atoms with Crippen molar-refractivity contribution in [2.45, 2.75) is 12.5 Å². The zero-order valence-corrected chi connectivity index (χ0v) is 12.3. The van der Waals surface area contributed by atoms with E-state index < -0.39 is 0 Å². The lowest BCUT2D eigenvalue weighted by Crippen LogP contribution is -2.29. The topological polar surface area (TPSA) is 64.1 Å². The summed E-state index contributed by atoms with van der Waals surface area (Å²) in [5.41, 5.74) is 5.78. The highest BCUT2D eigenvalue weighted by Gasteiger charge is 2.16. The lowest BCUT2D eigenvalue weighted by atomic mass is 10.0. The Kier molecular flexibility index (Phi) is 3.82. The van der Waals surface area contributed by atoms with Crippen molar-refractivity contribution in [2.24, 2.45) is 5.84 Å². The van der Waals surface area contributed by atoms with Crippen LogP contribution in [0.1, 0.15) is 17.3 Å². The standard InChI is InChI=1S/C15H14BrN3O/c16-15-12(7-8-20-15)14(19-17)9-11-6-5-10-3-1-2-4-13(10)18-11/h1-8,14,19H,9,17H2.